The Labute approximate surface area is 158 Å². The maximum Gasteiger partial charge on any atom is 0.244 e. The van der Waals surface area contributed by atoms with Crippen LogP contribution >= 0.6 is 0 Å². The van der Waals surface area contributed by atoms with Crippen molar-refractivity contribution in [3.05, 3.63) is 59.9 Å². The summed E-state index contributed by atoms with van der Waals surface area (Å²) in [6.07, 6.45) is 7.54. The van der Waals surface area contributed by atoms with Crippen molar-refractivity contribution in [2.45, 2.75) is 13.3 Å². The van der Waals surface area contributed by atoms with Gasteiger partial charge in [-0.05, 0) is 37.1 Å². The molecule has 1 aromatic carbocycles. The predicted octanol–water partition coefficient (Wildman–Crippen LogP) is 3.34. The number of aromatic nitrogens is 2. The third-order valence-electron chi connectivity index (χ3n) is 4.17. The summed E-state index contributed by atoms with van der Waals surface area (Å²) in [7, 11) is 1.58. The molecule has 0 unspecified atom stereocenters. The summed E-state index contributed by atoms with van der Waals surface area (Å²) in [5.41, 5.74) is 2.80. The molecule has 2 N–H and O–H groups in total. The van der Waals surface area contributed by atoms with Gasteiger partial charge in [-0.25, -0.2) is 4.98 Å². The van der Waals surface area contributed by atoms with Crippen molar-refractivity contribution in [3.63, 3.8) is 0 Å². The van der Waals surface area contributed by atoms with E-state index in [0.717, 1.165) is 27.8 Å². The van der Waals surface area contributed by atoms with Crippen molar-refractivity contribution < 1.29 is 14.3 Å². The van der Waals surface area contributed by atoms with Crippen LogP contribution in [0, 0.1) is 0 Å². The maximum atomic E-state index is 12.1. The van der Waals surface area contributed by atoms with Crippen LogP contribution in [0.5, 0.6) is 11.6 Å². The molecule has 0 aliphatic heterocycles. The van der Waals surface area contributed by atoms with Crippen LogP contribution in [0.25, 0.3) is 17.0 Å². The van der Waals surface area contributed by atoms with Crippen LogP contribution in [-0.2, 0) is 11.2 Å². The van der Waals surface area contributed by atoms with E-state index in [-0.39, 0.29) is 5.91 Å². The fourth-order valence-electron chi connectivity index (χ4n) is 2.89. The van der Waals surface area contributed by atoms with Crippen LogP contribution in [0.4, 0.5) is 0 Å². The van der Waals surface area contributed by atoms with Gasteiger partial charge in [0.15, 0.2) is 0 Å². The highest BCUT2D eigenvalue weighted by atomic mass is 16.5. The first kappa shape index (κ1) is 18.5. The van der Waals surface area contributed by atoms with Crippen LogP contribution in [0.3, 0.4) is 0 Å². The van der Waals surface area contributed by atoms with E-state index in [9.17, 15) is 4.79 Å². The standard InChI is InChI=1S/C21H23N3O3/c1-3-27-18-7-5-4-6-15(18)10-12-22-19(25)9-8-16-14-24-20-17(16)11-13-23-21(20)26-2/h4-9,11,13-14,24H,3,10,12H2,1-2H3,(H,22,25)/b9-8+. The van der Waals surface area contributed by atoms with Crippen molar-refractivity contribution >= 4 is 22.9 Å². The molecule has 3 rings (SSSR count). The van der Waals surface area contributed by atoms with Gasteiger partial charge in [0.2, 0.25) is 11.8 Å². The van der Waals surface area contributed by atoms with E-state index in [4.69, 9.17) is 9.47 Å². The molecule has 6 nitrogen and oxygen atoms in total. The molecule has 6 heteroatoms. The lowest BCUT2D eigenvalue weighted by Gasteiger charge is -2.09. The molecule has 140 valence electrons. The number of nitrogens with one attached hydrogen (secondary N) is 2. The van der Waals surface area contributed by atoms with Crippen LogP contribution in [0.1, 0.15) is 18.1 Å². The number of carbonyl (C=O) groups excluding carboxylic acids is 1. The second-order valence-corrected chi connectivity index (χ2v) is 5.90. The van der Waals surface area contributed by atoms with Crippen molar-refractivity contribution in [2.24, 2.45) is 0 Å². The Morgan fingerprint density at radius 1 is 1.30 bits per heavy atom. The number of methoxy groups -OCH3 is 1. The van der Waals surface area contributed by atoms with E-state index in [2.05, 4.69) is 15.3 Å². The third kappa shape index (κ3) is 4.47. The second kappa shape index (κ2) is 8.89. The molecule has 2 aromatic heterocycles. The smallest absolute Gasteiger partial charge is 0.244 e. The quantitative estimate of drug-likeness (QED) is 0.600. The van der Waals surface area contributed by atoms with E-state index in [1.54, 1.807) is 19.4 Å². The first-order chi connectivity index (χ1) is 13.2. The van der Waals surface area contributed by atoms with Crippen molar-refractivity contribution in [2.75, 3.05) is 20.3 Å². The molecule has 0 atom stereocenters. The van der Waals surface area contributed by atoms with Crippen molar-refractivity contribution in [1.82, 2.24) is 15.3 Å². The van der Waals surface area contributed by atoms with E-state index in [1.807, 2.05) is 43.5 Å². The highest BCUT2D eigenvalue weighted by molar-refractivity contribution is 5.97. The van der Waals surface area contributed by atoms with Crippen molar-refractivity contribution in [3.8, 4) is 11.6 Å². The van der Waals surface area contributed by atoms with Gasteiger partial charge in [0.05, 0.1) is 13.7 Å². The minimum absolute atomic E-state index is 0.140. The fourth-order valence-corrected chi connectivity index (χ4v) is 2.89. The molecule has 0 aliphatic rings. The summed E-state index contributed by atoms with van der Waals surface area (Å²) in [4.78, 5) is 19.4. The van der Waals surface area contributed by atoms with Crippen LogP contribution in [0.2, 0.25) is 0 Å². The van der Waals surface area contributed by atoms with Gasteiger partial charge in [0.25, 0.3) is 0 Å². The molecule has 0 fully saturated rings. The molecule has 0 radical (unpaired) electrons. The molecule has 0 saturated heterocycles. The lowest BCUT2D eigenvalue weighted by molar-refractivity contribution is -0.116. The SMILES string of the molecule is CCOc1ccccc1CCNC(=O)/C=C/c1c[nH]c2c(OC)nccc12. The molecule has 0 saturated carbocycles. The fraction of sp³-hybridized carbons (Fsp3) is 0.238. The number of nitrogens with zero attached hydrogens (tertiary/aromatic N) is 1. The zero-order valence-corrected chi connectivity index (χ0v) is 15.5. The van der Waals surface area contributed by atoms with Gasteiger partial charge in [0, 0.05) is 36.0 Å². The van der Waals surface area contributed by atoms with Crippen LogP contribution < -0.4 is 14.8 Å². The third-order valence-corrected chi connectivity index (χ3v) is 4.17. The topological polar surface area (TPSA) is 76.2 Å². The van der Waals surface area contributed by atoms with Gasteiger partial charge in [0.1, 0.15) is 11.3 Å². The highest BCUT2D eigenvalue weighted by Gasteiger charge is 2.07. The number of H-pyrrole nitrogens is 1. The number of hydrogen-bond acceptors (Lipinski definition) is 4. The second-order valence-electron chi connectivity index (χ2n) is 5.90. The molecule has 0 bridgehead atoms. The molecule has 0 aliphatic carbocycles. The molecular formula is C21H23N3O3. The molecule has 1 amide bonds. The Hall–Kier alpha value is -3.28. The Morgan fingerprint density at radius 2 is 2.15 bits per heavy atom. The number of amides is 1. The molecular weight excluding hydrogens is 342 g/mol. The average molecular weight is 365 g/mol. The number of ether oxygens (including phenoxy) is 2. The van der Waals surface area contributed by atoms with E-state index >= 15 is 0 Å². The summed E-state index contributed by atoms with van der Waals surface area (Å²) in [5.74, 6) is 1.26. The van der Waals surface area contributed by atoms with E-state index in [0.29, 0.717) is 25.5 Å². The minimum atomic E-state index is -0.140. The number of aromatic amines is 1. The number of fused-ring (bicyclic) bond motifs is 1. The molecule has 2 heterocycles. The number of para-hydroxylation sites is 1. The van der Waals surface area contributed by atoms with E-state index < -0.39 is 0 Å². The van der Waals surface area contributed by atoms with Gasteiger partial charge in [-0.2, -0.15) is 0 Å². The largest absolute Gasteiger partial charge is 0.494 e. The van der Waals surface area contributed by atoms with Gasteiger partial charge < -0.3 is 19.8 Å². The summed E-state index contributed by atoms with van der Waals surface area (Å²) in [5, 5.41) is 3.86. The van der Waals surface area contributed by atoms with Crippen molar-refractivity contribution in [1.29, 1.82) is 0 Å². The Kier molecular flexibility index (Phi) is 6.10. The number of pyridine rings is 1. The zero-order chi connectivity index (χ0) is 19.1. The predicted molar refractivity (Wildman–Crippen MR) is 106 cm³/mol. The van der Waals surface area contributed by atoms with E-state index in [1.165, 1.54) is 6.08 Å². The Morgan fingerprint density at radius 3 is 2.96 bits per heavy atom. The highest BCUT2D eigenvalue weighted by Crippen LogP contribution is 2.25. The Balaban J connectivity index is 1.59. The molecule has 27 heavy (non-hydrogen) atoms. The average Bonchev–Trinajstić information content (AvgIpc) is 3.11. The van der Waals surface area contributed by atoms with Gasteiger partial charge >= 0.3 is 0 Å². The number of carbonyl (C=O) groups is 1. The van der Waals surface area contributed by atoms with Crippen LogP contribution in [0.15, 0.2) is 48.8 Å². The zero-order valence-electron chi connectivity index (χ0n) is 15.5. The summed E-state index contributed by atoms with van der Waals surface area (Å²) in [6.45, 7) is 3.12. The number of benzene rings is 1. The first-order valence-electron chi connectivity index (χ1n) is 8.89. The maximum absolute atomic E-state index is 12.1. The number of rotatable bonds is 8. The minimum Gasteiger partial charge on any atom is -0.494 e. The van der Waals surface area contributed by atoms with Gasteiger partial charge in [-0.1, -0.05) is 18.2 Å². The van der Waals surface area contributed by atoms with Gasteiger partial charge in [-0.3, -0.25) is 4.79 Å². The summed E-state index contributed by atoms with van der Waals surface area (Å²) >= 11 is 0. The Bertz CT molecular complexity index is 947. The monoisotopic (exact) mass is 365 g/mol. The first-order valence-corrected chi connectivity index (χ1v) is 8.89. The summed E-state index contributed by atoms with van der Waals surface area (Å²) < 4.78 is 10.8. The molecule has 3 aromatic rings. The normalized spacial score (nSPS) is 11.0. The van der Waals surface area contributed by atoms with Crippen LogP contribution in [-0.4, -0.2) is 36.1 Å². The number of hydrogen-bond donors (Lipinski definition) is 2. The summed E-state index contributed by atoms with van der Waals surface area (Å²) in [6, 6.07) is 9.76. The molecule has 0 spiro atoms. The lowest BCUT2D eigenvalue weighted by Crippen LogP contribution is -2.23. The van der Waals surface area contributed by atoms with Gasteiger partial charge in [-0.15, -0.1) is 0 Å². The lowest BCUT2D eigenvalue weighted by atomic mass is 10.1.